The van der Waals surface area contributed by atoms with Crippen molar-refractivity contribution >= 4 is 11.9 Å². The van der Waals surface area contributed by atoms with Crippen molar-refractivity contribution in [3.05, 3.63) is 12.2 Å². The van der Waals surface area contributed by atoms with Gasteiger partial charge in [0.15, 0.2) is 0 Å². The van der Waals surface area contributed by atoms with E-state index in [0.717, 1.165) is 19.3 Å². The van der Waals surface area contributed by atoms with Gasteiger partial charge in [-0.05, 0) is 49.4 Å². The molecule has 0 spiro atoms. The second kappa shape index (κ2) is 9.75. The fourth-order valence-corrected chi connectivity index (χ4v) is 3.76. The van der Waals surface area contributed by atoms with Gasteiger partial charge < -0.3 is 9.47 Å². The van der Waals surface area contributed by atoms with Gasteiger partial charge in [-0.15, -0.1) is 0 Å². The highest BCUT2D eigenvalue weighted by Gasteiger charge is 2.41. The van der Waals surface area contributed by atoms with Gasteiger partial charge in [-0.25, -0.2) is 0 Å². The maximum atomic E-state index is 12.7. The van der Waals surface area contributed by atoms with Crippen LogP contribution in [-0.4, -0.2) is 25.2 Å². The van der Waals surface area contributed by atoms with E-state index in [1.807, 2.05) is 27.7 Å². The molecule has 0 radical (unpaired) electrons. The third-order valence-corrected chi connectivity index (χ3v) is 5.86. The fourth-order valence-electron chi connectivity index (χ4n) is 3.76. The summed E-state index contributed by atoms with van der Waals surface area (Å²) in [6, 6.07) is 0. The smallest absolute Gasteiger partial charge is 0.312 e. The molecule has 0 aromatic heterocycles. The number of hydrogen-bond donors (Lipinski definition) is 0. The van der Waals surface area contributed by atoms with Crippen LogP contribution >= 0.6 is 0 Å². The van der Waals surface area contributed by atoms with Crippen molar-refractivity contribution in [2.75, 3.05) is 13.2 Å². The van der Waals surface area contributed by atoms with Crippen LogP contribution in [0.1, 0.15) is 74.7 Å². The third kappa shape index (κ3) is 7.31. The summed E-state index contributed by atoms with van der Waals surface area (Å²) in [6.45, 7) is 16.8. The zero-order chi connectivity index (χ0) is 20.8. The Labute approximate surface area is 166 Å². The fraction of sp³-hybridized carbons (Fsp3) is 0.826. The number of allylic oxidation sites excluding steroid dienone is 2. The highest BCUT2D eigenvalue weighted by atomic mass is 16.6. The molecule has 0 bridgehead atoms. The van der Waals surface area contributed by atoms with Crippen molar-refractivity contribution in [2.24, 2.45) is 34.5 Å². The summed E-state index contributed by atoms with van der Waals surface area (Å²) in [5.74, 6) is 0.426. The molecule has 4 atom stereocenters. The molecule has 4 unspecified atom stereocenters. The summed E-state index contributed by atoms with van der Waals surface area (Å²) in [5, 5.41) is 0. The summed E-state index contributed by atoms with van der Waals surface area (Å²) in [5.41, 5.74) is -0.510. The van der Waals surface area contributed by atoms with Crippen molar-refractivity contribution in [1.82, 2.24) is 0 Å². The number of esters is 2. The van der Waals surface area contributed by atoms with E-state index in [1.54, 1.807) is 0 Å². The molecule has 4 heteroatoms. The van der Waals surface area contributed by atoms with Crippen molar-refractivity contribution in [2.45, 2.75) is 74.7 Å². The van der Waals surface area contributed by atoms with E-state index in [2.05, 4.69) is 39.8 Å². The van der Waals surface area contributed by atoms with Gasteiger partial charge in [0.25, 0.3) is 0 Å². The Hall–Kier alpha value is -1.32. The van der Waals surface area contributed by atoms with Gasteiger partial charge in [0.2, 0.25) is 0 Å². The van der Waals surface area contributed by atoms with Crippen LogP contribution < -0.4 is 0 Å². The molecule has 0 heterocycles. The predicted molar refractivity (Wildman–Crippen MR) is 109 cm³/mol. The molecule has 0 fully saturated rings. The van der Waals surface area contributed by atoms with Crippen molar-refractivity contribution < 1.29 is 19.1 Å². The Balaban J connectivity index is 2.46. The van der Waals surface area contributed by atoms with Crippen LogP contribution in [0.3, 0.4) is 0 Å². The van der Waals surface area contributed by atoms with Gasteiger partial charge in [0.05, 0.1) is 11.3 Å². The van der Waals surface area contributed by atoms with Gasteiger partial charge in [0.1, 0.15) is 13.2 Å². The van der Waals surface area contributed by atoms with Crippen LogP contribution in [-0.2, 0) is 19.1 Å². The molecule has 4 nitrogen and oxygen atoms in total. The topological polar surface area (TPSA) is 52.6 Å². The molecule has 1 rings (SSSR count). The first-order valence-electron chi connectivity index (χ1n) is 10.4. The largest absolute Gasteiger partial charge is 0.462 e. The Morgan fingerprint density at radius 3 is 2.07 bits per heavy atom. The van der Waals surface area contributed by atoms with Gasteiger partial charge >= 0.3 is 11.9 Å². The first-order valence-corrected chi connectivity index (χ1v) is 10.4. The highest BCUT2D eigenvalue weighted by Crippen LogP contribution is 2.40. The summed E-state index contributed by atoms with van der Waals surface area (Å²) in [7, 11) is 0. The number of carbonyl (C=O) groups is 2. The number of hydrogen-bond acceptors (Lipinski definition) is 4. The van der Waals surface area contributed by atoms with Crippen molar-refractivity contribution in [3.63, 3.8) is 0 Å². The van der Waals surface area contributed by atoms with E-state index in [-0.39, 0.29) is 48.3 Å². The van der Waals surface area contributed by atoms with Crippen molar-refractivity contribution in [1.29, 1.82) is 0 Å². The van der Waals surface area contributed by atoms with Crippen LogP contribution in [0.2, 0.25) is 0 Å². The van der Waals surface area contributed by atoms with E-state index < -0.39 is 5.41 Å². The lowest BCUT2D eigenvalue weighted by atomic mass is 9.69. The molecule has 1 aliphatic rings. The van der Waals surface area contributed by atoms with E-state index in [9.17, 15) is 9.59 Å². The predicted octanol–water partition coefficient (Wildman–Crippen LogP) is 5.41. The zero-order valence-corrected chi connectivity index (χ0v) is 18.6. The van der Waals surface area contributed by atoms with Crippen LogP contribution in [0.4, 0.5) is 0 Å². The normalized spacial score (nSPS) is 23.6. The summed E-state index contributed by atoms with van der Waals surface area (Å²) >= 11 is 0. The minimum atomic E-state index is -0.543. The van der Waals surface area contributed by atoms with E-state index >= 15 is 0 Å². The quantitative estimate of drug-likeness (QED) is 0.321. The molecular weight excluding hydrogens is 340 g/mol. The molecule has 0 saturated heterocycles. The Morgan fingerprint density at radius 1 is 1.00 bits per heavy atom. The Morgan fingerprint density at radius 2 is 1.59 bits per heavy atom. The van der Waals surface area contributed by atoms with Crippen LogP contribution in [0.5, 0.6) is 0 Å². The lowest BCUT2D eigenvalue weighted by Crippen LogP contribution is -2.39. The molecular formula is C23H40O4. The number of carbonyl (C=O) groups excluding carboxylic acids is 2. The van der Waals surface area contributed by atoms with Crippen LogP contribution in [0, 0.1) is 34.5 Å². The lowest BCUT2D eigenvalue weighted by Gasteiger charge is -2.36. The Bertz CT molecular complexity index is 529. The van der Waals surface area contributed by atoms with E-state index in [1.165, 1.54) is 0 Å². The molecule has 156 valence electrons. The average molecular weight is 381 g/mol. The summed E-state index contributed by atoms with van der Waals surface area (Å²) in [6.07, 6.45) is 7.20. The molecule has 0 aromatic carbocycles. The molecule has 0 N–H and O–H groups in total. The number of rotatable bonds is 8. The number of ether oxygens (including phenoxy) is 2. The van der Waals surface area contributed by atoms with Gasteiger partial charge in [0, 0.05) is 0 Å². The van der Waals surface area contributed by atoms with Gasteiger partial charge in [-0.3, -0.25) is 9.59 Å². The standard InChI is InChI=1S/C23H40O4/c1-16(2)23(8,15-22(5,6)7)21(25)27-14-13-26-20(24)18(4)19-11-9-17(3)10-12-19/h9,11,16-19H,10,12-15H2,1-8H3. The second-order valence-corrected chi connectivity index (χ2v) is 10.0. The molecule has 0 aromatic rings. The lowest BCUT2D eigenvalue weighted by molar-refractivity contribution is -0.165. The SMILES string of the molecule is CC1C=CC(C(C)C(=O)OCCOC(=O)C(C)(CC(C)(C)C)C(C)C)CC1. The first-order chi connectivity index (χ1) is 12.4. The summed E-state index contributed by atoms with van der Waals surface area (Å²) < 4.78 is 10.8. The third-order valence-electron chi connectivity index (χ3n) is 5.86. The molecule has 1 aliphatic carbocycles. The van der Waals surface area contributed by atoms with E-state index in [0.29, 0.717) is 5.92 Å². The maximum Gasteiger partial charge on any atom is 0.312 e. The first kappa shape index (κ1) is 23.7. The monoisotopic (exact) mass is 380 g/mol. The second-order valence-electron chi connectivity index (χ2n) is 10.0. The van der Waals surface area contributed by atoms with Gasteiger partial charge in [-0.1, -0.05) is 60.6 Å². The van der Waals surface area contributed by atoms with Crippen LogP contribution in [0.25, 0.3) is 0 Å². The minimum Gasteiger partial charge on any atom is -0.462 e. The molecule has 0 aliphatic heterocycles. The zero-order valence-electron chi connectivity index (χ0n) is 18.6. The maximum absolute atomic E-state index is 12.7. The Kier molecular flexibility index (Phi) is 8.56. The molecule has 0 saturated carbocycles. The van der Waals surface area contributed by atoms with Gasteiger partial charge in [-0.2, -0.15) is 0 Å². The van der Waals surface area contributed by atoms with Crippen molar-refractivity contribution in [3.8, 4) is 0 Å². The van der Waals surface area contributed by atoms with E-state index in [4.69, 9.17) is 9.47 Å². The molecule has 0 amide bonds. The molecule has 27 heavy (non-hydrogen) atoms. The minimum absolute atomic E-state index is 0.0327. The summed E-state index contributed by atoms with van der Waals surface area (Å²) in [4.78, 5) is 24.9. The highest BCUT2D eigenvalue weighted by molar-refractivity contribution is 5.77. The van der Waals surface area contributed by atoms with Crippen LogP contribution in [0.15, 0.2) is 12.2 Å². The average Bonchev–Trinajstić information content (AvgIpc) is 2.56.